The van der Waals surface area contributed by atoms with E-state index in [1.807, 2.05) is 31.3 Å². The van der Waals surface area contributed by atoms with Gasteiger partial charge in [-0.25, -0.2) is 0 Å². The number of carbonyl (C=O) groups excluding carboxylic acids is 1. The normalized spacial score (nSPS) is 11.4. The molecule has 0 saturated heterocycles. The van der Waals surface area contributed by atoms with E-state index in [4.69, 9.17) is 11.6 Å². The first kappa shape index (κ1) is 20.2. The molecule has 0 bridgehead atoms. The average molecular weight is 400 g/mol. The number of Topliss-reactive ketones (excluding diaryl/α,β-unsaturated/α-hetero) is 1. The summed E-state index contributed by atoms with van der Waals surface area (Å²) in [5.41, 5.74) is 3.52. The molecule has 0 fully saturated rings. The van der Waals surface area contributed by atoms with Crippen molar-refractivity contribution in [3.05, 3.63) is 62.7 Å². The third-order valence-electron chi connectivity index (χ3n) is 4.85. The molecule has 0 radical (unpaired) electrons. The molecule has 5 nitrogen and oxygen atoms in total. The molecule has 6 heteroatoms. The maximum Gasteiger partial charge on any atom is 0.271 e. The summed E-state index contributed by atoms with van der Waals surface area (Å²) >= 11 is 6.29. The number of H-pyrrole nitrogens is 1. The minimum absolute atomic E-state index is 0.0329. The monoisotopic (exact) mass is 399 g/mol. The second kappa shape index (κ2) is 8.23. The number of fused-ring (bicyclic) bond motifs is 1. The summed E-state index contributed by atoms with van der Waals surface area (Å²) in [6, 6.07) is 7.74. The standard InChI is InChI=1S/C22H26ClN3O2/c1-5-6-15-9-14(4)25-22(28)21(15)24-12-20(27)18-10-16(23)11-19-17(18)7-8-26(19)13(2)3/h7-11,13,24H,5-6,12H2,1-4H3,(H,25,28). The molecule has 3 rings (SSSR count). The van der Waals surface area contributed by atoms with Gasteiger partial charge in [0, 0.05) is 33.9 Å². The number of pyridine rings is 1. The Kier molecular flexibility index (Phi) is 5.94. The molecule has 0 spiro atoms. The zero-order valence-corrected chi connectivity index (χ0v) is 17.5. The summed E-state index contributed by atoms with van der Waals surface area (Å²) in [5.74, 6) is -0.101. The molecule has 148 valence electrons. The number of benzene rings is 1. The number of anilines is 1. The van der Waals surface area contributed by atoms with E-state index in [0.29, 0.717) is 16.3 Å². The molecule has 0 aliphatic rings. The summed E-state index contributed by atoms with van der Waals surface area (Å²) < 4.78 is 2.09. The van der Waals surface area contributed by atoms with Gasteiger partial charge >= 0.3 is 0 Å². The average Bonchev–Trinajstić information content (AvgIpc) is 3.04. The number of aryl methyl sites for hydroxylation is 2. The van der Waals surface area contributed by atoms with Crippen LogP contribution in [-0.2, 0) is 6.42 Å². The fourth-order valence-corrected chi connectivity index (χ4v) is 3.80. The van der Waals surface area contributed by atoms with Gasteiger partial charge < -0.3 is 14.9 Å². The van der Waals surface area contributed by atoms with Crippen molar-refractivity contribution < 1.29 is 4.79 Å². The van der Waals surface area contributed by atoms with Crippen LogP contribution >= 0.6 is 11.6 Å². The molecule has 0 atom stereocenters. The minimum Gasteiger partial charge on any atom is -0.373 e. The number of nitrogens with one attached hydrogen (secondary N) is 2. The molecule has 28 heavy (non-hydrogen) atoms. The molecule has 1 aromatic carbocycles. The van der Waals surface area contributed by atoms with Gasteiger partial charge in [-0.1, -0.05) is 24.9 Å². The number of hydrogen-bond acceptors (Lipinski definition) is 3. The Hall–Kier alpha value is -2.53. The van der Waals surface area contributed by atoms with Crippen molar-refractivity contribution in [2.45, 2.75) is 46.6 Å². The third-order valence-corrected chi connectivity index (χ3v) is 5.07. The van der Waals surface area contributed by atoms with Gasteiger partial charge in [0.25, 0.3) is 5.56 Å². The Balaban J connectivity index is 1.92. The molecule has 2 N–H and O–H groups in total. The van der Waals surface area contributed by atoms with Gasteiger partial charge in [-0.15, -0.1) is 0 Å². The van der Waals surface area contributed by atoms with E-state index in [-0.39, 0.29) is 23.9 Å². The third kappa shape index (κ3) is 3.99. The smallest absolute Gasteiger partial charge is 0.271 e. The Bertz CT molecular complexity index is 1080. The molecule has 3 aromatic rings. The lowest BCUT2D eigenvalue weighted by molar-refractivity contribution is 0.101. The number of nitrogens with zero attached hydrogens (tertiary/aromatic N) is 1. The van der Waals surface area contributed by atoms with Crippen molar-refractivity contribution in [2.24, 2.45) is 0 Å². The van der Waals surface area contributed by atoms with Gasteiger partial charge in [-0.05, 0) is 57.0 Å². The van der Waals surface area contributed by atoms with Crippen LogP contribution in [0.2, 0.25) is 5.02 Å². The van der Waals surface area contributed by atoms with Crippen molar-refractivity contribution >= 4 is 34.0 Å². The molecule has 0 amide bonds. The Morgan fingerprint density at radius 2 is 2.04 bits per heavy atom. The Morgan fingerprint density at radius 1 is 1.29 bits per heavy atom. The highest BCUT2D eigenvalue weighted by molar-refractivity contribution is 6.32. The lowest BCUT2D eigenvalue weighted by atomic mass is 10.0. The maximum absolute atomic E-state index is 13.0. The van der Waals surface area contributed by atoms with E-state index >= 15 is 0 Å². The number of hydrogen-bond donors (Lipinski definition) is 2. The highest BCUT2D eigenvalue weighted by Crippen LogP contribution is 2.28. The highest BCUT2D eigenvalue weighted by atomic mass is 35.5. The predicted octanol–water partition coefficient (Wildman–Crippen LogP) is 5.12. The van der Waals surface area contributed by atoms with Crippen LogP contribution in [-0.4, -0.2) is 21.9 Å². The molecular weight excluding hydrogens is 374 g/mol. The second-order valence-electron chi connectivity index (χ2n) is 7.41. The van der Waals surface area contributed by atoms with Gasteiger partial charge in [0.15, 0.2) is 5.78 Å². The van der Waals surface area contributed by atoms with E-state index < -0.39 is 0 Å². The molecule has 0 aliphatic carbocycles. The number of carbonyl (C=O) groups is 1. The number of aromatic amines is 1. The van der Waals surface area contributed by atoms with Gasteiger partial charge in [-0.2, -0.15) is 0 Å². The first-order valence-corrected chi connectivity index (χ1v) is 9.99. The maximum atomic E-state index is 13.0. The Labute approximate surface area is 169 Å². The number of halogens is 1. The van der Waals surface area contributed by atoms with Crippen LogP contribution in [0.5, 0.6) is 0 Å². The quantitative estimate of drug-likeness (QED) is 0.542. The molecule has 0 aliphatic heterocycles. The first-order valence-electron chi connectivity index (χ1n) is 9.61. The highest BCUT2D eigenvalue weighted by Gasteiger charge is 2.16. The number of ketones is 1. The molecule has 2 aromatic heterocycles. The van der Waals surface area contributed by atoms with Gasteiger partial charge in [0.2, 0.25) is 0 Å². The number of aromatic nitrogens is 2. The Morgan fingerprint density at radius 3 is 2.71 bits per heavy atom. The fraction of sp³-hybridized carbons (Fsp3) is 0.364. The van der Waals surface area contributed by atoms with E-state index in [1.54, 1.807) is 6.07 Å². The SMILES string of the molecule is CCCc1cc(C)[nH]c(=O)c1NCC(=O)c1cc(Cl)cc2c1ccn2C(C)C. The second-order valence-corrected chi connectivity index (χ2v) is 7.85. The lowest BCUT2D eigenvalue weighted by Gasteiger charge is -2.13. The van der Waals surface area contributed by atoms with Crippen LogP contribution < -0.4 is 10.9 Å². The summed E-state index contributed by atoms with van der Waals surface area (Å²) in [4.78, 5) is 28.1. The minimum atomic E-state index is -0.196. The van der Waals surface area contributed by atoms with Crippen LogP contribution in [0.4, 0.5) is 5.69 Å². The predicted molar refractivity (Wildman–Crippen MR) is 116 cm³/mol. The summed E-state index contributed by atoms with van der Waals surface area (Å²) in [6.45, 7) is 8.13. The van der Waals surface area contributed by atoms with Crippen molar-refractivity contribution in [1.29, 1.82) is 0 Å². The zero-order chi connectivity index (χ0) is 20.4. The molecular formula is C22H26ClN3O2. The van der Waals surface area contributed by atoms with E-state index in [2.05, 4.69) is 35.6 Å². The molecule has 0 saturated carbocycles. The summed E-state index contributed by atoms with van der Waals surface area (Å²) in [6.07, 6.45) is 3.67. The van der Waals surface area contributed by atoms with E-state index in [0.717, 1.165) is 35.0 Å². The van der Waals surface area contributed by atoms with Crippen LogP contribution in [0, 0.1) is 6.92 Å². The van der Waals surface area contributed by atoms with E-state index in [1.165, 1.54) is 0 Å². The molecule has 2 heterocycles. The number of rotatable bonds is 7. The van der Waals surface area contributed by atoms with Crippen molar-refractivity contribution in [3.8, 4) is 0 Å². The van der Waals surface area contributed by atoms with Gasteiger partial charge in [-0.3, -0.25) is 9.59 Å². The van der Waals surface area contributed by atoms with Crippen molar-refractivity contribution in [1.82, 2.24) is 9.55 Å². The first-order chi connectivity index (χ1) is 13.3. The van der Waals surface area contributed by atoms with E-state index in [9.17, 15) is 9.59 Å². The zero-order valence-electron chi connectivity index (χ0n) is 16.7. The van der Waals surface area contributed by atoms with Crippen molar-refractivity contribution in [2.75, 3.05) is 11.9 Å². The van der Waals surface area contributed by atoms with Crippen LogP contribution in [0.1, 0.15) is 54.8 Å². The van der Waals surface area contributed by atoms with Gasteiger partial charge in [0.05, 0.1) is 12.1 Å². The largest absolute Gasteiger partial charge is 0.373 e. The van der Waals surface area contributed by atoms with Crippen LogP contribution in [0.25, 0.3) is 10.9 Å². The molecule has 0 unspecified atom stereocenters. The topological polar surface area (TPSA) is 66.9 Å². The lowest BCUT2D eigenvalue weighted by Crippen LogP contribution is -2.22. The van der Waals surface area contributed by atoms with Crippen LogP contribution in [0.15, 0.2) is 35.3 Å². The summed E-state index contributed by atoms with van der Waals surface area (Å²) in [7, 11) is 0. The summed E-state index contributed by atoms with van der Waals surface area (Å²) in [5, 5.41) is 4.46. The fourth-order valence-electron chi connectivity index (χ4n) is 3.59. The van der Waals surface area contributed by atoms with Crippen molar-refractivity contribution in [3.63, 3.8) is 0 Å². The van der Waals surface area contributed by atoms with Crippen LogP contribution in [0.3, 0.4) is 0 Å². The van der Waals surface area contributed by atoms with Gasteiger partial charge in [0.1, 0.15) is 5.69 Å².